The minimum atomic E-state index is -0.175. The summed E-state index contributed by atoms with van der Waals surface area (Å²) in [7, 11) is 2.02. The number of pyridine rings is 1. The standard InChI is InChI=1S/C23H23N5O/c1-15-13-18(21-16(2)26-27-22(21)24-15)23(29)25-19-11-7-8-12-20(19)28(3)14-17-9-5-4-6-10-17/h4-13H,14H2,1-3H3,(H,25,29)(H,24,26,27). The molecule has 0 atom stereocenters. The van der Waals surface area contributed by atoms with Gasteiger partial charge in [0.15, 0.2) is 5.65 Å². The lowest BCUT2D eigenvalue weighted by Gasteiger charge is -2.23. The summed E-state index contributed by atoms with van der Waals surface area (Å²) in [6.07, 6.45) is 0. The van der Waals surface area contributed by atoms with E-state index < -0.39 is 0 Å². The number of anilines is 2. The maximum absolute atomic E-state index is 13.2. The predicted octanol–water partition coefficient (Wildman–Crippen LogP) is 4.46. The van der Waals surface area contributed by atoms with Crippen LogP contribution >= 0.6 is 0 Å². The van der Waals surface area contributed by atoms with Crippen molar-refractivity contribution in [3.8, 4) is 0 Å². The van der Waals surface area contributed by atoms with E-state index in [4.69, 9.17) is 0 Å². The van der Waals surface area contributed by atoms with Crippen molar-refractivity contribution in [3.63, 3.8) is 0 Å². The molecule has 2 aromatic carbocycles. The van der Waals surface area contributed by atoms with Gasteiger partial charge in [0.1, 0.15) is 0 Å². The second-order valence-electron chi connectivity index (χ2n) is 7.16. The molecule has 1 amide bonds. The molecule has 0 unspecified atom stereocenters. The van der Waals surface area contributed by atoms with Gasteiger partial charge in [-0.15, -0.1) is 0 Å². The van der Waals surface area contributed by atoms with Crippen molar-refractivity contribution < 1.29 is 4.79 Å². The normalized spacial score (nSPS) is 10.9. The van der Waals surface area contributed by atoms with E-state index in [9.17, 15) is 4.79 Å². The Kier molecular flexibility index (Phi) is 4.99. The lowest BCUT2D eigenvalue weighted by molar-refractivity contribution is 0.102. The van der Waals surface area contributed by atoms with Gasteiger partial charge in [-0.2, -0.15) is 5.10 Å². The second kappa shape index (κ2) is 7.75. The molecular formula is C23H23N5O. The van der Waals surface area contributed by atoms with Crippen LogP contribution in [0.15, 0.2) is 60.7 Å². The summed E-state index contributed by atoms with van der Waals surface area (Å²) in [6.45, 7) is 4.48. The topological polar surface area (TPSA) is 73.9 Å². The Morgan fingerprint density at radius 3 is 2.59 bits per heavy atom. The van der Waals surface area contributed by atoms with E-state index in [-0.39, 0.29) is 5.91 Å². The van der Waals surface area contributed by atoms with Crippen LogP contribution in [-0.4, -0.2) is 28.1 Å². The maximum Gasteiger partial charge on any atom is 0.256 e. The van der Waals surface area contributed by atoms with Crippen molar-refractivity contribution in [1.29, 1.82) is 0 Å². The fourth-order valence-electron chi connectivity index (χ4n) is 3.54. The molecule has 0 bridgehead atoms. The van der Waals surface area contributed by atoms with Crippen LogP contribution in [0.2, 0.25) is 0 Å². The first-order chi connectivity index (χ1) is 14.0. The summed E-state index contributed by atoms with van der Waals surface area (Å²) in [6, 6.07) is 19.9. The molecule has 2 heterocycles. The fourth-order valence-corrected chi connectivity index (χ4v) is 3.54. The summed E-state index contributed by atoms with van der Waals surface area (Å²) in [5.74, 6) is -0.175. The molecule has 0 spiro atoms. The number of amides is 1. The summed E-state index contributed by atoms with van der Waals surface area (Å²) < 4.78 is 0. The molecule has 29 heavy (non-hydrogen) atoms. The average molecular weight is 385 g/mol. The Morgan fingerprint density at radius 2 is 1.79 bits per heavy atom. The predicted molar refractivity (Wildman–Crippen MR) is 116 cm³/mol. The molecule has 0 saturated heterocycles. The zero-order valence-electron chi connectivity index (χ0n) is 16.7. The van der Waals surface area contributed by atoms with Gasteiger partial charge >= 0.3 is 0 Å². The van der Waals surface area contributed by atoms with E-state index in [1.54, 1.807) is 6.07 Å². The van der Waals surface area contributed by atoms with E-state index in [0.29, 0.717) is 11.2 Å². The minimum Gasteiger partial charge on any atom is -0.369 e. The highest BCUT2D eigenvalue weighted by Gasteiger charge is 2.18. The molecule has 4 rings (SSSR count). The van der Waals surface area contributed by atoms with Crippen molar-refractivity contribution in [2.75, 3.05) is 17.3 Å². The van der Waals surface area contributed by atoms with Crippen molar-refractivity contribution in [3.05, 3.63) is 83.2 Å². The molecule has 2 aromatic heterocycles. The molecular weight excluding hydrogens is 362 g/mol. The molecule has 6 heteroatoms. The van der Waals surface area contributed by atoms with E-state index in [1.165, 1.54) is 5.56 Å². The van der Waals surface area contributed by atoms with Gasteiger partial charge in [-0.3, -0.25) is 9.89 Å². The summed E-state index contributed by atoms with van der Waals surface area (Å²) in [4.78, 5) is 19.7. The Labute approximate surface area is 169 Å². The van der Waals surface area contributed by atoms with Crippen LogP contribution in [0.4, 0.5) is 11.4 Å². The molecule has 6 nitrogen and oxygen atoms in total. The first-order valence-corrected chi connectivity index (χ1v) is 9.50. The van der Waals surface area contributed by atoms with E-state index in [1.807, 2.05) is 63.4 Å². The number of fused-ring (bicyclic) bond motifs is 1. The SMILES string of the molecule is Cc1cc(C(=O)Nc2ccccc2N(C)Cc2ccccc2)c2c(C)n[nH]c2n1. The van der Waals surface area contributed by atoms with Crippen LogP contribution in [0, 0.1) is 13.8 Å². The second-order valence-corrected chi connectivity index (χ2v) is 7.16. The zero-order valence-corrected chi connectivity index (χ0v) is 16.7. The minimum absolute atomic E-state index is 0.175. The van der Waals surface area contributed by atoms with Gasteiger partial charge in [-0.05, 0) is 37.6 Å². The van der Waals surface area contributed by atoms with E-state index in [0.717, 1.165) is 34.7 Å². The summed E-state index contributed by atoms with van der Waals surface area (Å²) in [5.41, 5.74) is 5.64. The largest absolute Gasteiger partial charge is 0.369 e. The van der Waals surface area contributed by atoms with Crippen LogP contribution in [0.5, 0.6) is 0 Å². The Bertz CT molecular complexity index is 1170. The van der Waals surface area contributed by atoms with Crippen molar-refractivity contribution in [2.45, 2.75) is 20.4 Å². The number of carbonyl (C=O) groups is 1. The van der Waals surface area contributed by atoms with Gasteiger partial charge in [0.2, 0.25) is 0 Å². The molecule has 0 radical (unpaired) electrons. The van der Waals surface area contributed by atoms with Gasteiger partial charge in [-0.25, -0.2) is 4.98 Å². The van der Waals surface area contributed by atoms with Crippen molar-refractivity contribution in [2.24, 2.45) is 0 Å². The number of H-pyrrole nitrogens is 1. The van der Waals surface area contributed by atoms with Gasteiger partial charge < -0.3 is 10.2 Å². The molecule has 146 valence electrons. The summed E-state index contributed by atoms with van der Waals surface area (Å²) >= 11 is 0. The smallest absolute Gasteiger partial charge is 0.256 e. The number of aryl methyl sites for hydroxylation is 2. The van der Waals surface area contributed by atoms with Gasteiger partial charge in [0, 0.05) is 19.3 Å². The molecule has 0 saturated carbocycles. The number of carbonyl (C=O) groups excluding carboxylic acids is 1. The first-order valence-electron chi connectivity index (χ1n) is 9.50. The molecule has 0 aliphatic heterocycles. The fraction of sp³-hybridized carbons (Fsp3) is 0.174. The van der Waals surface area contributed by atoms with Gasteiger partial charge in [-0.1, -0.05) is 42.5 Å². The first kappa shape index (κ1) is 18.7. The number of nitrogens with zero attached hydrogens (tertiary/aromatic N) is 3. The highest BCUT2D eigenvalue weighted by molar-refractivity contribution is 6.13. The lowest BCUT2D eigenvalue weighted by Crippen LogP contribution is -2.20. The number of hydrogen-bond acceptors (Lipinski definition) is 4. The van der Waals surface area contributed by atoms with Crippen LogP contribution in [-0.2, 0) is 6.54 Å². The van der Waals surface area contributed by atoms with E-state index in [2.05, 4.69) is 37.5 Å². The number of hydrogen-bond donors (Lipinski definition) is 2. The van der Waals surface area contributed by atoms with Crippen molar-refractivity contribution >= 4 is 28.3 Å². The zero-order chi connectivity index (χ0) is 20.4. The van der Waals surface area contributed by atoms with Gasteiger partial charge in [0.25, 0.3) is 5.91 Å². The Balaban J connectivity index is 1.64. The van der Waals surface area contributed by atoms with Gasteiger partial charge in [0.05, 0.1) is 28.0 Å². The monoisotopic (exact) mass is 385 g/mol. The molecule has 0 aliphatic rings. The Morgan fingerprint density at radius 1 is 1.07 bits per heavy atom. The quantitative estimate of drug-likeness (QED) is 0.532. The summed E-state index contributed by atoms with van der Waals surface area (Å²) in [5, 5.41) is 10.9. The molecule has 2 N–H and O–H groups in total. The number of benzene rings is 2. The van der Waals surface area contributed by atoms with Crippen LogP contribution in [0.1, 0.15) is 27.3 Å². The third-order valence-electron chi connectivity index (χ3n) is 4.91. The van der Waals surface area contributed by atoms with Crippen LogP contribution in [0.3, 0.4) is 0 Å². The number of rotatable bonds is 5. The maximum atomic E-state index is 13.2. The number of aromatic amines is 1. The third kappa shape index (κ3) is 3.82. The molecule has 4 aromatic rings. The Hall–Kier alpha value is -3.67. The highest BCUT2D eigenvalue weighted by Crippen LogP contribution is 2.28. The molecule has 0 fully saturated rings. The number of para-hydroxylation sites is 2. The highest BCUT2D eigenvalue weighted by atomic mass is 16.1. The van der Waals surface area contributed by atoms with Crippen molar-refractivity contribution in [1.82, 2.24) is 15.2 Å². The van der Waals surface area contributed by atoms with Crippen LogP contribution in [0.25, 0.3) is 11.0 Å². The average Bonchev–Trinajstić information content (AvgIpc) is 3.09. The molecule has 0 aliphatic carbocycles. The number of nitrogens with one attached hydrogen (secondary N) is 2. The van der Waals surface area contributed by atoms with Crippen LogP contribution < -0.4 is 10.2 Å². The lowest BCUT2D eigenvalue weighted by atomic mass is 10.1. The third-order valence-corrected chi connectivity index (χ3v) is 4.91. The van der Waals surface area contributed by atoms with E-state index >= 15 is 0 Å². The number of aromatic nitrogens is 3.